The third-order valence-electron chi connectivity index (χ3n) is 3.64. The number of anilines is 1. The van der Waals surface area contributed by atoms with E-state index in [0.717, 1.165) is 16.8 Å². The number of benzene rings is 2. The molecule has 134 valence electrons. The van der Waals surface area contributed by atoms with Crippen molar-refractivity contribution in [1.82, 2.24) is 20.2 Å². The second-order valence-corrected chi connectivity index (χ2v) is 7.29. The van der Waals surface area contributed by atoms with Crippen molar-refractivity contribution in [1.29, 1.82) is 0 Å². The van der Waals surface area contributed by atoms with E-state index in [1.807, 2.05) is 26.0 Å². The van der Waals surface area contributed by atoms with Crippen molar-refractivity contribution in [2.75, 3.05) is 5.32 Å². The molecule has 1 N–H and O–H groups in total. The Morgan fingerprint density at radius 3 is 2.62 bits per heavy atom. The number of hydrogen-bond donors (Lipinski definition) is 1. The Labute approximate surface area is 154 Å². The van der Waals surface area contributed by atoms with Crippen LogP contribution in [-0.4, -0.2) is 31.4 Å². The Morgan fingerprint density at radius 2 is 1.92 bits per heavy atom. The smallest absolute Gasteiger partial charge is 0.237 e. The number of hydrogen-bond acceptors (Lipinski definition) is 5. The van der Waals surface area contributed by atoms with Gasteiger partial charge in [-0.2, -0.15) is 4.68 Å². The van der Waals surface area contributed by atoms with Crippen LogP contribution in [0.2, 0.25) is 0 Å². The SMILES string of the molecule is Cc1cc(C)cc(-n2nnnc2S[C@@H](C)C(=O)Nc2cccc(F)c2)c1. The van der Waals surface area contributed by atoms with Crippen LogP contribution in [-0.2, 0) is 4.79 Å². The molecule has 6 nitrogen and oxygen atoms in total. The molecule has 1 heterocycles. The van der Waals surface area contributed by atoms with E-state index in [9.17, 15) is 9.18 Å². The first-order chi connectivity index (χ1) is 12.4. The Balaban J connectivity index is 1.75. The summed E-state index contributed by atoms with van der Waals surface area (Å²) in [5.74, 6) is -0.655. The molecule has 0 spiro atoms. The number of thioether (sulfide) groups is 1. The van der Waals surface area contributed by atoms with Crippen LogP contribution in [0.15, 0.2) is 47.6 Å². The highest BCUT2D eigenvalue weighted by molar-refractivity contribution is 8.00. The molecule has 0 aliphatic rings. The van der Waals surface area contributed by atoms with Crippen LogP contribution < -0.4 is 5.32 Å². The van der Waals surface area contributed by atoms with Crippen LogP contribution in [0.4, 0.5) is 10.1 Å². The number of aryl methyl sites for hydroxylation is 2. The van der Waals surface area contributed by atoms with Gasteiger partial charge in [-0.1, -0.05) is 23.9 Å². The highest BCUT2D eigenvalue weighted by Gasteiger charge is 2.19. The highest BCUT2D eigenvalue weighted by atomic mass is 32.2. The first-order valence-corrected chi connectivity index (χ1v) is 8.90. The van der Waals surface area contributed by atoms with Gasteiger partial charge in [-0.05, 0) is 72.7 Å². The third-order valence-corrected chi connectivity index (χ3v) is 4.67. The van der Waals surface area contributed by atoms with E-state index in [1.54, 1.807) is 23.7 Å². The van der Waals surface area contributed by atoms with E-state index in [4.69, 9.17) is 0 Å². The van der Waals surface area contributed by atoms with E-state index in [-0.39, 0.29) is 5.91 Å². The van der Waals surface area contributed by atoms with Crippen molar-refractivity contribution in [2.24, 2.45) is 0 Å². The van der Waals surface area contributed by atoms with Gasteiger partial charge < -0.3 is 5.32 Å². The van der Waals surface area contributed by atoms with Crippen LogP contribution in [0.3, 0.4) is 0 Å². The molecule has 3 aromatic rings. The Kier molecular flexibility index (Phi) is 5.32. The zero-order chi connectivity index (χ0) is 18.7. The predicted molar refractivity (Wildman–Crippen MR) is 99.0 cm³/mol. The van der Waals surface area contributed by atoms with Crippen LogP contribution in [0.1, 0.15) is 18.1 Å². The number of carbonyl (C=O) groups is 1. The zero-order valence-electron chi connectivity index (χ0n) is 14.6. The summed E-state index contributed by atoms with van der Waals surface area (Å²) in [4.78, 5) is 12.4. The summed E-state index contributed by atoms with van der Waals surface area (Å²) in [6.45, 7) is 5.76. The predicted octanol–water partition coefficient (Wildman–Crippen LogP) is 3.54. The van der Waals surface area contributed by atoms with Gasteiger partial charge in [-0.15, -0.1) is 5.10 Å². The highest BCUT2D eigenvalue weighted by Crippen LogP contribution is 2.25. The van der Waals surface area contributed by atoms with Gasteiger partial charge in [0.2, 0.25) is 11.1 Å². The summed E-state index contributed by atoms with van der Waals surface area (Å²) < 4.78 is 14.9. The minimum absolute atomic E-state index is 0.254. The van der Waals surface area contributed by atoms with Crippen molar-refractivity contribution in [3.05, 3.63) is 59.4 Å². The van der Waals surface area contributed by atoms with E-state index in [2.05, 4.69) is 26.9 Å². The van der Waals surface area contributed by atoms with Gasteiger partial charge in [0.25, 0.3) is 0 Å². The summed E-state index contributed by atoms with van der Waals surface area (Å²) in [5.41, 5.74) is 3.45. The maximum atomic E-state index is 13.2. The second-order valence-electron chi connectivity index (χ2n) is 5.98. The lowest BCUT2D eigenvalue weighted by atomic mass is 10.1. The number of tetrazole rings is 1. The van der Waals surface area contributed by atoms with Crippen LogP contribution in [0, 0.1) is 19.7 Å². The fourth-order valence-electron chi connectivity index (χ4n) is 2.51. The lowest BCUT2D eigenvalue weighted by Gasteiger charge is -2.12. The molecule has 0 unspecified atom stereocenters. The molecule has 1 amide bonds. The van der Waals surface area contributed by atoms with Crippen molar-refractivity contribution in [2.45, 2.75) is 31.2 Å². The van der Waals surface area contributed by atoms with E-state index >= 15 is 0 Å². The molecule has 3 rings (SSSR count). The molecule has 0 saturated carbocycles. The van der Waals surface area contributed by atoms with Crippen molar-refractivity contribution in [3.8, 4) is 5.69 Å². The van der Waals surface area contributed by atoms with E-state index < -0.39 is 11.1 Å². The molecule has 0 fully saturated rings. The Bertz CT molecular complexity index is 923. The molecule has 0 bridgehead atoms. The van der Waals surface area contributed by atoms with Crippen LogP contribution >= 0.6 is 11.8 Å². The minimum Gasteiger partial charge on any atom is -0.325 e. The largest absolute Gasteiger partial charge is 0.325 e. The van der Waals surface area contributed by atoms with Gasteiger partial charge in [0.1, 0.15) is 5.82 Å². The summed E-state index contributed by atoms with van der Waals surface area (Å²) in [7, 11) is 0. The zero-order valence-corrected chi connectivity index (χ0v) is 15.4. The third kappa shape index (κ3) is 4.26. The van der Waals surface area contributed by atoms with Gasteiger partial charge in [0.05, 0.1) is 10.9 Å². The first kappa shape index (κ1) is 18.1. The van der Waals surface area contributed by atoms with Crippen LogP contribution in [0.5, 0.6) is 0 Å². The molecular weight excluding hydrogens is 353 g/mol. The minimum atomic E-state index is -0.464. The van der Waals surface area contributed by atoms with Crippen molar-refractivity contribution < 1.29 is 9.18 Å². The molecule has 1 atom stereocenters. The van der Waals surface area contributed by atoms with Gasteiger partial charge >= 0.3 is 0 Å². The number of amides is 1. The Hall–Kier alpha value is -2.74. The maximum absolute atomic E-state index is 13.2. The molecule has 26 heavy (non-hydrogen) atoms. The van der Waals surface area contributed by atoms with Gasteiger partial charge in [-0.25, -0.2) is 4.39 Å². The molecule has 8 heteroatoms. The summed E-state index contributed by atoms with van der Waals surface area (Å²) in [5, 5.41) is 14.5. The number of aromatic nitrogens is 4. The maximum Gasteiger partial charge on any atom is 0.237 e. The molecule has 1 aromatic heterocycles. The van der Waals surface area contributed by atoms with Crippen molar-refractivity contribution >= 4 is 23.4 Å². The number of nitrogens with one attached hydrogen (secondary N) is 1. The molecule has 0 radical (unpaired) electrons. The van der Waals surface area contributed by atoms with Gasteiger partial charge in [0.15, 0.2) is 0 Å². The lowest BCUT2D eigenvalue weighted by Crippen LogP contribution is -2.23. The monoisotopic (exact) mass is 371 g/mol. The molecular formula is C18H18FN5OS. The second kappa shape index (κ2) is 7.65. The quantitative estimate of drug-likeness (QED) is 0.695. The topological polar surface area (TPSA) is 72.7 Å². The molecule has 2 aromatic carbocycles. The van der Waals surface area contributed by atoms with E-state index in [1.165, 1.54) is 23.9 Å². The van der Waals surface area contributed by atoms with E-state index in [0.29, 0.717) is 10.8 Å². The fourth-order valence-corrected chi connectivity index (χ4v) is 3.32. The van der Waals surface area contributed by atoms with Crippen LogP contribution in [0.25, 0.3) is 5.69 Å². The summed E-state index contributed by atoms with van der Waals surface area (Å²) in [6.07, 6.45) is 0. The standard InChI is InChI=1S/C18H18FN5OS/c1-11-7-12(2)9-16(8-11)24-18(21-22-23-24)26-13(3)17(25)20-15-6-4-5-14(19)10-15/h4-10,13H,1-3H3,(H,20,25)/t13-/m0/s1. The number of carbonyl (C=O) groups excluding carboxylic acids is 1. The van der Waals surface area contributed by atoms with Gasteiger partial charge in [-0.3, -0.25) is 4.79 Å². The molecule has 0 aliphatic carbocycles. The number of halogens is 1. The first-order valence-electron chi connectivity index (χ1n) is 8.02. The number of nitrogens with zero attached hydrogens (tertiary/aromatic N) is 4. The van der Waals surface area contributed by atoms with Crippen molar-refractivity contribution in [3.63, 3.8) is 0 Å². The lowest BCUT2D eigenvalue weighted by molar-refractivity contribution is -0.115. The Morgan fingerprint density at radius 1 is 1.19 bits per heavy atom. The average molecular weight is 371 g/mol. The molecule has 0 saturated heterocycles. The summed E-state index contributed by atoms with van der Waals surface area (Å²) >= 11 is 1.24. The molecule has 0 aliphatic heterocycles. The van der Waals surface area contributed by atoms with Gasteiger partial charge in [0, 0.05) is 5.69 Å². The number of rotatable bonds is 5. The average Bonchev–Trinajstić information content (AvgIpc) is 3.02. The fraction of sp³-hybridized carbons (Fsp3) is 0.222. The summed E-state index contributed by atoms with van der Waals surface area (Å²) in [6, 6.07) is 11.8. The normalized spacial score (nSPS) is 12.0.